The minimum Gasteiger partial charge on any atom is -0.494 e. The molecule has 0 fully saturated rings. The van der Waals surface area contributed by atoms with Gasteiger partial charge in [-0.05, 0) is 26.0 Å². The minimum absolute atomic E-state index is 0.0593. The third-order valence-electron chi connectivity index (χ3n) is 3.11. The zero-order chi connectivity index (χ0) is 15.4. The van der Waals surface area contributed by atoms with E-state index < -0.39 is 5.97 Å². The van der Waals surface area contributed by atoms with E-state index in [2.05, 4.69) is 4.98 Å². The molecule has 1 heterocycles. The SMILES string of the molecule is CCOc1ccc2c(c1)nc(CC(=O)O)n2CCC(C)=O. The molecular formula is C15H18N2O4. The molecule has 0 radical (unpaired) electrons. The van der Waals surface area contributed by atoms with Gasteiger partial charge in [0.1, 0.15) is 23.8 Å². The predicted octanol–water partition coefficient (Wildman–Crippen LogP) is 2.04. The normalized spacial score (nSPS) is 10.8. The summed E-state index contributed by atoms with van der Waals surface area (Å²) in [6.07, 6.45) is 0.182. The van der Waals surface area contributed by atoms with Gasteiger partial charge in [-0.3, -0.25) is 9.59 Å². The molecule has 1 aromatic heterocycles. The number of nitrogens with zero attached hydrogens (tertiary/aromatic N) is 2. The standard InChI is InChI=1S/C15H18N2O4/c1-3-21-11-4-5-13-12(8-11)16-14(9-15(19)20)17(13)7-6-10(2)18/h4-5,8H,3,6-7,9H2,1-2H3,(H,19,20). The predicted molar refractivity (Wildman–Crippen MR) is 77.5 cm³/mol. The Kier molecular flexibility index (Phi) is 4.57. The molecule has 0 unspecified atom stereocenters. The molecule has 6 nitrogen and oxygen atoms in total. The first kappa shape index (κ1) is 15.0. The number of ketones is 1. The fourth-order valence-electron chi connectivity index (χ4n) is 2.20. The van der Waals surface area contributed by atoms with Gasteiger partial charge in [-0.25, -0.2) is 4.98 Å². The minimum atomic E-state index is -0.945. The quantitative estimate of drug-likeness (QED) is 0.844. The molecule has 1 N–H and O–H groups in total. The summed E-state index contributed by atoms with van der Waals surface area (Å²) in [5.74, 6) is 0.263. The third-order valence-corrected chi connectivity index (χ3v) is 3.11. The van der Waals surface area contributed by atoms with Crippen molar-refractivity contribution in [3.8, 4) is 5.75 Å². The lowest BCUT2D eigenvalue weighted by Gasteiger charge is -2.07. The van der Waals surface area contributed by atoms with Gasteiger partial charge in [-0.2, -0.15) is 0 Å². The highest BCUT2D eigenvalue weighted by molar-refractivity contribution is 5.80. The van der Waals surface area contributed by atoms with Crippen LogP contribution in [-0.2, 0) is 22.6 Å². The van der Waals surface area contributed by atoms with E-state index in [1.807, 2.05) is 19.1 Å². The number of carboxylic acids is 1. The smallest absolute Gasteiger partial charge is 0.311 e. The summed E-state index contributed by atoms with van der Waals surface area (Å²) in [5.41, 5.74) is 1.50. The first-order chi connectivity index (χ1) is 10.0. The summed E-state index contributed by atoms with van der Waals surface area (Å²) in [6, 6.07) is 5.45. The molecule has 0 bridgehead atoms. The highest BCUT2D eigenvalue weighted by Crippen LogP contribution is 2.23. The van der Waals surface area contributed by atoms with Crippen LogP contribution in [0.25, 0.3) is 11.0 Å². The summed E-state index contributed by atoms with van der Waals surface area (Å²) >= 11 is 0. The van der Waals surface area contributed by atoms with Gasteiger partial charge in [0, 0.05) is 19.0 Å². The number of rotatable bonds is 7. The summed E-state index contributed by atoms with van der Waals surface area (Å²) in [7, 11) is 0. The Morgan fingerprint density at radius 1 is 1.38 bits per heavy atom. The monoisotopic (exact) mass is 290 g/mol. The van der Waals surface area contributed by atoms with Gasteiger partial charge in [0.2, 0.25) is 0 Å². The number of carbonyl (C=O) groups is 2. The lowest BCUT2D eigenvalue weighted by molar-refractivity contribution is -0.136. The van der Waals surface area contributed by atoms with E-state index in [4.69, 9.17) is 9.84 Å². The molecule has 0 aliphatic rings. The van der Waals surface area contributed by atoms with Gasteiger partial charge < -0.3 is 14.4 Å². The highest BCUT2D eigenvalue weighted by atomic mass is 16.5. The number of Topliss-reactive ketones (excluding diaryl/α,β-unsaturated/α-hetero) is 1. The Morgan fingerprint density at radius 3 is 2.76 bits per heavy atom. The number of benzene rings is 1. The van der Waals surface area contributed by atoms with Crippen LogP contribution < -0.4 is 4.74 Å². The number of fused-ring (bicyclic) bond motifs is 1. The molecule has 21 heavy (non-hydrogen) atoms. The van der Waals surface area contributed by atoms with Gasteiger partial charge in [-0.1, -0.05) is 0 Å². The summed E-state index contributed by atoms with van der Waals surface area (Å²) in [6.45, 7) is 4.40. The van der Waals surface area contributed by atoms with Crippen molar-refractivity contribution in [3.63, 3.8) is 0 Å². The third kappa shape index (κ3) is 3.59. The summed E-state index contributed by atoms with van der Waals surface area (Å²) in [5, 5.41) is 8.99. The van der Waals surface area contributed by atoms with Crippen LogP contribution in [-0.4, -0.2) is 33.0 Å². The van der Waals surface area contributed by atoms with Crippen LogP contribution in [0.5, 0.6) is 5.75 Å². The number of hydrogen-bond acceptors (Lipinski definition) is 4. The summed E-state index contributed by atoms with van der Waals surface area (Å²) < 4.78 is 7.21. The number of carboxylic acid groups (broad SMARTS) is 1. The molecule has 112 valence electrons. The number of aliphatic carboxylic acids is 1. The number of aryl methyl sites for hydroxylation is 1. The van der Waals surface area contributed by atoms with E-state index in [1.165, 1.54) is 6.92 Å². The molecule has 2 rings (SSSR count). The Bertz CT molecular complexity index is 676. The Hall–Kier alpha value is -2.37. The molecule has 0 saturated heterocycles. The second-order valence-corrected chi connectivity index (χ2v) is 4.79. The molecule has 6 heteroatoms. The van der Waals surface area contributed by atoms with E-state index >= 15 is 0 Å². The maximum atomic E-state index is 11.2. The van der Waals surface area contributed by atoms with Crippen molar-refractivity contribution in [1.82, 2.24) is 9.55 Å². The van der Waals surface area contributed by atoms with Crippen LogP contribution in [0, 0.1) is 0 Å². The van der Waals surface area contributed by atoms with Gasteiger partial charge >= 0.3 is 5.97 Å². The molecule has 0 aliphatic carbocycles. The lowest BCUT2D eigenvalue weighted by atomic mass is 10.2. The van der Waals surface area contributed by atoms with Gasteiger partial charge in [0.15, 0.2) is 0 Å². The Morgan fingerprint density at radius 2 is 2.14 bits per heavy atom. The lowest BCUT2D eigenvalue weighted by Crippen LogP contribution is -2.11. The fourth-order valence-corrected chi connectivity index (χ4v) is 2.20. The number of imidazole rings is 1. The molecule has 0 aliphatic heterocycles. The maximum absolute atomic E-state index is 11.2. The van der Waals surface area contributed by atoms with E-state index in [1.54, 1.807) is 10.6 Å². The molecule has 1 aromatic carbocycles. The zero-order valence-electron chi connectivity index (χ0n) is 12.1. The highest BCUT2D eigenvalue weighted by Gasteiger charge is 2.14. The number of hydrogen-bond donors (Lipinski definition) is 1. The first-order valence-electron chi connectivity index (χ1n) is 6.84. The van der Waals surface area contributed by atoms with E-state index in [-0.39, 0.29) is 12.2 Å². The zero-order valence-corrected chi connectivity index (χ0v) is 12.1. The van der Waals surface area contributed by atoms with E-state index in [0.717, 1.165) is 5.52 Å². The van der Waals surface area contributed by atoms with Crippen LogP contribution in [0.4, 0.5) is 0 Å². The topological polar surface area (TPSA) is 81.4 Å². The van der Waals surface area contributed by atoms with Crippen molar-refractivity contribution in [2.24, 2.45) is 0 Å². The van der Waals surface area contributed by atoms with Crippen LogP contribution in [0.1, 0.15) is 26.1 Å². The van der Waals surface area contributed by atoms with Crippen molar-refractivity contribution < 1.29 is 19.4 Å². The van der Waals surface area contributed by atoms with Crippen molar-refractivity contribution in [3.05, 3.63) is 24.0 Å². The van der Waals surface area contributed by atoms with Gasteiger partial charge in [0.25, 0.3) is 0 Å². The Balaban J connectivity index is 2.44. The average molecular weight is 290 g/mol. The molecule has 0 atom stereocenters. The molecule has 0 amide bonds. The van der Waals surface area contributed by atoms with Crippen LogP contribution in [0.15, 0.2) is 18.2 Å². The second-order valence-electron chi connectivity index (χ2n) is 4.79. The maximum Gasteiger partial charge on any atom is 0.311 e. The van der Waals surface area contributed by atoms with Crippen LogP contribution in [0.2, 0.25) is 0 Å². The summed E-state index contributed by atoms with van der Waals surface area (Å²) in [4.78, 5) is 26.5. The average Bonchev–Trinajstić information content (AvgIpc) is 2.72. The molecule has 2 aromatic rings. The van der Waals surface area contributed by atoms with Gasteiger partial charge in [0.05, 0.1) is 17.6 Å². The van der Waals surface area contributed by atoms with E-state index in [0.29, 0.717) is 36.7 Å². The number of carbonyl (C=O) groups excluding carboxylic acids is 1. The van der Waals surface area contributed by atoms with Crippen molar-refractivity contribution in [1.29, 1.82) is 0 Å². The van der Waals surface area contributed by atoms with Crippen molar-refractivity contribution in [2.45, 2.75) is 33.2 Å². The molecular weight excluding hydrogens is 272 g/mol. The van der Waals surface area contributed by atoms with E-state index in [9.17, 15) is 9.59 Å². The largest absolute Gasteiger partial charge is 0.494 e. The van der Waals surface area contributed by atoms with Crippen LogP contribution >= 0.6 is 0 Å². The van der Waals surface area contributed by atoms with Crippen molar-refractivity contribution >= 4 is 22.8 Å². The number of ether oxygens (including phenoxy) is 1. The molecule has 0 saturated carbocycles. The fraction of sp³-hybridized carbons (Fsp3) is 0.400. The van der Waals surface area contributed by atoms with Gasteiger partial charge in [-0.15, -0.1) is 0 Å². The second kappa shape index (κ2) is 6.39. The number of aromatic nitrogens is 2. The van der Waals surface area contributed by atoms with Crippen molar-refractivity contribution in [2.75, 3.05) is 6.61 Å². The van der Waals surface area contributed by atoms with Crippen LogP contribution in [0.3, 0.4) is 0 Å². The first-order valence-corrected chi connectivity index (χ1v) is 6.84. The Labute approximate surface area is 122 Å². The molecule has 0 spiro atoms.